The fourth-order valence-electron chi connectivity index (χ4n) is 4.55. The van der Waals surface area contributed by atoms with Gasteiger partial charge in [0.05, 0.1) is 0 Å². The minimum Gasteiger partial charge on any atom is -0.483 e. The molecule has 2 amide bonds. The highest BCUT2D eigenvalue weighted by Gasteiger charge is 2.32. The van der Waals surface area contributed by atoms with Crippen LogP contribution in [0.5, 0.6) is 5.75 Å². The van der Waals surface area contributed by atoms with Gasteiger partial charge in [-0.05, 0) is 67.9 Å². The Morgan fingerprint density at radius 1 is 0.974 bits per heavy atom. The van der Waals surface area contributed by atoms with Crippen molar-refractivity contribution in [3.63, 3.8) is 0 Å². The zero-order valence-electron chi connectivity index (χ0n) is 21.3. The Bertz CT molecular complexity index is 1290. The number of ether oxygens (including phenoxy) is 1. The summed E-state index contributed by atoms with van der Waals surface area (Å²) in [7, 11) is 0. The van der Waals surface area contributed by atoms with Crippen LogP contribution in [-0.2, 0) is 17.9 Å². The molecule has 4 rings (SSSR count). The quantitative estimate of drug-likeness (QED) is 0.434. The SMILES string of the molecule is C[C@@H]1CN(Cc2ccc(F)cc2)[C@@H](C)CN1C(=O)COc1ccc(Cl)cc1CNC(=O)c1cccc(F)c1. The molecule has 1 heterocycles. The Morgan fingerprint density at radius 2 is 1.74 bits per heavy atom. The van der Waals surface area contributed by atoms with Gasteiger partial charge in [-0.25, -0.2) is 8.78 Å². The molecule has 200 valence electrons. The van der Waals surface area contributed by atoms with Gasteiger partial charge >= 0.3 is 0 Å². The molecule has 1 saturated heterocycles. The van der Waals surface area contributed by atoms with Gasteiger partial charge in [-0.2, -0.15) is 0 Å². The van der Waals surface area contributed by atoms with Crippen molar-refractivity contribution in [2.75, 3.05) is 19.7 Å². The number of hydrogen-bond acceptors (Lipinski definition) is 4. The van der Waals surface area contributed by atoms with Crippen molar-refractivity contribution in [2.45, 2.75) is 39.0 Å². The number of piperazine rings is 1. The largest absolute Gasteiger partial charge is 0.483 e. The summed E-state index contributed by atoms with van der Waals surface area (Å²) >= 11 is 6.15. The number of amides is 2. The second-order valence-electron chi connectivity index (χ2n) is 9.53. The van der Waals surface area contributed by atoms with Crippen molar-refractivity contribution in [1.82, 2.24) is 15.1 Å². The summed E-state index contributed by atoms with van der Waals surface area (Å²) in [5.41, 5.74) is 1.82. The number of carbonyl (C=O) groups is 2. The summed E-state index contributed by atoms with van der Waals surface area (Å²) < 4.78 is 32.6. The molecule has 6 nitrogen and oxygen atoms in total. The van der Waals surface area contributed by atoms with Gasteiger partial charge in [0.2, 0.25) is 0 Å². The van der Waals surface area contributed by atoms with E-state index in [0.29, 0.717) is 36.0 Å². The monoisotopic (exact) mass is 541 g/mol. The van der Waals surface area contributed by atoms with Crippen LogP contribution in [0.3, 0.4) is 0 Å². The second kappa shape index (κ2) is 12.4. The van der Waals surface area contributed by atoms with Gasteiger partial charge in [0, 0.05) is 54.4 Å². The van der Waals surface area contributed by atoms with E-state index in [2.05, 4.69) is 17.1 Å². The molecule has 1 N–H and O–H groups in total. The minimum atomic E-state index is -0.497. The van der Waals surface area contributed by atoms with Crippen LogP contribution in [0, 0.1) is 11.6 Å². The fraction of sp³-hybridized carbons (Fsp3) is 0.310. The van der Waals surface area contributed by atoms with Crippen molar-refractivity contribution in [2.24, 2.45) is 0 Å². The Balaban J connectivity index is 1.34. The maximum Gasteiger partial charge on any atom is 0.260 e. The van der Waals surface area contributed by atoms with E-state index in [0.717, 1.165) is 11.6 Å². The third-order valence-corrected chi connectivity index (χ3v) is 6.87. The highest BCUT2D eigenvalue weighted by atomic mass is 35.5. The first-order valence-electron chi connectivity index (χ1n) is 12.4. The molecular formula is C29H30ClF2N3O3. The molecule has 3 aromatic rings. The van der Waals surface area contributed by atoms with E-state index >= 15 is 0 Å². The van der Waals surface area contributed by atoms with Crippen molar-refractivity contribution >= 4 is 23.4 Å². The summed E-state index contributed by atoms with van der Waals surface area (Å²) in [6.07, 6.45) is 0. The summed E-state index contributed by atoms with van der Waals surface area (Å²) in [4.78, 5) is 29.6. The summed E-state index contributed by atoms with van der Waals surface area (Å²) in [5.74, 6) is -0.910. The van der Waals surface area contributed by atoms with Crippen LogP contribution < -0.4 is 10.1 Å². The van der Waals surface area contributed by atoms with Crippen LogP contribution in [0.4, 0.5) is 8.78 Å². The molecular weight excluding hydrogens is 512 g/mol. The second-order valence-corrected chi connectivity index (χ2v) is 9.97. The lowest BCUT2D eigenvalue weighted by atomic mass is 10.1. The van der Waals surface area contributed by atoms with Crippen molar-refractivity contribution < 1.29 is 23.1 Å². The molecule has 1 aliphatic rings. The molecule has 0 saturated carbocycles. The standard InChI is InChI=1S/C29H30ClF2N3O3/c1-19-16-35(20(2)15-34(19)17-21-6-9-25(31)10-7-21)28(36)18-38-27-11-8-24(30)12-23(27)14-33-29(37)22-4-3-5-26(32)13-22/h3-13,19-20H,14-18H2,1-2H3,(H,33,37)/t19-,20+/m0/s1. The first kappa shape index (κ1) is 27.5. The Labute approximate surface area is 226 Å². The lowest BCUT2D eigenvalue weighted by Crippen LogP contribution is -2.58. The van der Waals surface area contributed by atoms with Crippen LogP contribution in [-0.4, -0.2) is 53.4 Å². The first-order chi connectivity index (χ1) is 18.2. The van der Waals surface area contributed by atoms with E-state index in [1.165, 1.54) is 30.3 Å². The molecule has 1 aliphatic heterocycles. The average Bonchev–Trinajstić information content (AvgIpc) is 2.89. The van der Waals surface area contributed by atoms with E-state index in [9.17, 15) is 18.4 Å². The van der Waals surface area contributed by atoms with Crippen LogP contribution in [0.1, 0.15) is 35.3 Å². The molecule has 1 fully saturated rings. The number of rotatable bonds is 8. The van der Waals surface area contributed by atoms with Gasteiger partial charge in [-0.1, -0.05) is 29.8 Å². The van der Waals surface area contributed by atoms with Gasteiger partial charge in [-0.3, -0.25) is 14.5 Å². The average molecular weight is 542 g/mol. The number of halogens is 3. The predicted octanol–water partition coefficient (Wildman–Crippen LogP) is 5.05. The maximum absolute atomic E-state index is 13.5. The number of nitrogens with zero attached hydrogens (tertiary/aromatic N) is 2. The summed E-state index contributed by atoms with van der Waals surface area (Å²) in [6, 6.07) is 16.9. The van der Waals surface area contributed by atoms with Gasteiger partial charge in [0.15, 0.2) is 6.61 Å². The molecule has 0 bridgehead atoms. The minimum absolute atomic E-state index is 0.0296. The van der Waals surface area contributed by atoms with Crippen LogP contribution >= 0.6 is 11.6 Å². The maximum atomic E-state index is 13.5. The molecule has 2 atom stereocenters. The van der Waals surface area contributed by atoms with E-state index in [4.69, 9.17) is 16.3 Å². The fourth-order valence-corrected chi connectivity index (χ4v) is 4.74. The van der Waals surface area contributed by atoms with Crippen molar-refractivity contribution in [3.05, 3.63) is 100 Å². The van der Waals surface area contributed by atoms with Gasteiger partial charge in [0.25, 0.3) is 11.8 Å². The van der Waals surface area contributed by atoms with E-state index in [-0.39, 0.29) is 42.5 Å². The third kappa shape index (κ3) is 7.08. The summed E-state index contributed by atoms with van der Waals surface area (Å²) in [6.45, 7) is 5.90. The molecule has 0 spiro atoms. The Kier molecular flexibility index (Phi) is 8.97. The van der Waals surface area contributed by atoms with E-state index in [1.807, 2.05) is 11.8 Å². The smallest absolute Gasteiger partial charge is 0.260 e. The number of benzene rings is 3. The molecule has 9 heteroatoms. The van der Waals surface area contributed by atoms with E-state index < -0.39 is 11.7 Å². The van der Waals surface area contributed by atoms with Gasteiger partial charge in [-0.15, -0.1) is 0 Å². The van der Waals surface area contributed by atoms with Crippen molar-refractivity contribution in [3.8, 4) is 5.75 Å². The van der Waals surface area contributed by atoms with Crippen LogP contribution in [0.15, 0.2) is 66.7 Å². The topological polar surface area (TPSA) is 61.9 Å². The molecule has 0 aromatic heterocycles. The Morgan fingerprint density at radius 3 is 2.47 bits per heavy atom. The summed E-state index contributed by atoms with van der Waals surface area (Å²) in [5, 5.41) is 3.19. The lowest BCUT2D eigenvalue weighted by molar-refractivity contribution is -0.139. The van der Waals surface area contributed by atoms with Gasteiger partial charge < -0.3 is 15.0 Å². The predicted molar refractivity (Wildman–Crippen MR) is 142 cm³/mol. The molecule has 0 radical (unpaired) electrons. The Hall–Kier alpha value is -3.49. The zero-order valence-corrected chi connectivity index (χ0v) is 22.1. The molecule has 0 unspecified atom stereocenters. The number of nitrogens with one attached hydrogen (secondary N) is 1. The first-order valence-corrected chi connectivity index (χ1v) is 12.8. The van der Waals surface area contributed by atoms with E-state index in [1.54, 1.807) is 30.3 Å². The number of carbonyl (C=O) groups excluding carboxylic acids is 2. The highest BCUT2D eigenvalue weighted by Crippen LogP contribution is 2.24. The van der Waals surface area contributed by atoms with Crippen LogP contribution in [0.25, 0.3) is 0 Å². The van der Waals surface area contributed by atoms with Gasteiger partial charge in [0.1, 0.15) is 17.4 Å². The highest BCUT2D eigenvalue weighted by molar-refractivity contribution is 6.30. The number of hydrogen-bond donors (Lipinski definition) is 1. The normalized spacial score (nSPS) is 17.8. The zero-order chi connectivity index (χ0) is 27.2. The lowest BCUT2D eigenvalue weighted by Gasteiger charge is -2.44. The molecule has 38 heavy (non-hydrogen) atoms. The molecule has 0 aliphatic carbocycles. The van der Waals surface area contributed by atoms with Crippen molar-refractivity contribution in [1.29, 1.82) is 0 Å². The third-order valence-electron chi connectivity index (χ3n) is 6.63. The molecule has 3 aromatic carbocycles. The van der Waals surface area contributed by atoms with Crippen LogP contribution in [0.2, 0.25) is 5.02 Å².